The quantitative estimate of drug-likeness (QED) is 0.254. The predicted molar refractivity (Wildman–Crippen MR) is 147 cm³/mol. The van der Waals surface area contributed by atoms with Crippen molar-refractivity contribution in [3.63, 3.8) is 0 Å². The second-order valence-corrected chi connectivity index (χ2v) is 9.71. The largest absolute Gasteiger partial charge is 0.467 e. The number of nitrogens with zero attached hydrogens (tertiary/aromatic N) is 1. The van der Waals surface area contributed by atoms with Crippen molar-refractivity contribution < 1.29 is 18.8 Å². The molecular weight excluding hydrogens is 498 g/mol. The van der Waals surface area contributed by atoms with E-state index in [0.29, 0.717) is 34.9 Å². The molecule has 190 valence electrons. The van der Waals surface area contributed by atoms with Crippen LogP contribution in [0.15, 0.2) is 123 Å². The van der Waals surface area contributed by atoms with E-state index in [-0.39, 0.29) is 18.1 Å². The van der Waals surface area contributed by atoms with Gasteiger partial charge in [0.2, 0.25) is 5.91 Å². The lowest BCUT2D eigenvalue weighted by Gasteiger charge is -2.13. The Hall–Kier alpha value is -4.56. The number of hydrogen-bond acceptors (Lipinski definition) is 6. The lowest BCUT2D eigenvalue weighted by atomic mass is 10.1. The first-order chi connectivity index (χ1) is 18.6. The zero-order valence-corrected chi connectivity index (χ0v) is 21.2. The molecule has 2 N–H and O–H groups in total. The van der Waals surface area contributed by atoms with E-state index in [1.54, 1.807) is 24.3 Å². The minimum absolute atomic E-state index is 0.0443. The van der Waals surface area contributed by atoms with Crippen LogP contribution in [0, 0.1) is 0 Å². The fourth-order valence-corrected chi connectivity index (χ4v) is 4.92. The maximum absolute atomic E-state index is 13.3. The number of amides is 3. The summed E-state index contributed by atoms with van der Waals surface area (Å²) in [4.78, 5) is 41.2. The van der Waals surface area contributed by atoms with Gasteiger partial charge in [0.15, 0.2) is 0 Å². The van der Waals surface area contributed by atoms with Gasteiger partial charge in [-0.05, 0) is 60.5 Å². The summed E-state index contributed by atoms with van der Waals surface area (Å²) in [5, 5.41) is 6.03. The summed E-state index contributed by atoms with van der Waals surface area (Å²) in [5.74, 6) is -0.367. The van der Waals surface area contributed by atoms with Gasteiger partial charge in [0.25, 0.3) is 11.8 Å². The topological polar surface area (TPSA) is 91.7 Å². The van der Waals surface area contributed by atoms with Gasteiger partial charge < -0.3 is 15.1 Å². The van der Waals surface area contributed by atoms with Crippen LogP contribution in [0.5, 0.6) is 0 Å². The van der Waals surface area contributed by atoms with Crippen LogP contribution in [0.1, 0.15) is 17.7 Å². The van der Waals surface area contributed by atoms with Gasteiger partial charge in [-0.1, -0.05) is 60.3 Å². The zero-order valence-electron chi connectivity index (χ0n) is 20.4. The van der Waals surface area contributed by atoms with Gasteiger partial charge in [0.1, 0.15) is 16.4 Å². The molecule has 1 aliphatic rings. The van der Waals surface area contributed by atoms with E-state index in [1.165, 1.54) is 22.9 Å². The molecule has 8 heteroatoms. The minimum atomic E-state index is -0.417. The molecule has 0 spiro atoms. The molecule has 38 heavy (non-hydrogen) atoms. The van der Waals surface area contributed by atoms with E-state index in [9.17, 15) is 14.4 Å². The Bertz CT molecular complexity index is 1450. The number of nitrogens with one attached hydrogen (secondary N) is 2. The Morgan fingerprint density at radius 2 is 1.50 bits per heavy atom. The van der Waals surface area contributed by atoms with Gasteiger partial charge in [-0.2, -0.15) is 0 Å². The average molecular weight is 524 g/mol. The molecule has 7 nitrogen and oxygen atoms in total. The van der Waals surface area contributed by atoms with Crippen molar-refractivity contribution in [2.45, 2.75) is 24.3 Å². The minimum Gasteiger partial charge on any atom is -0.467 e. The average Bonchev–Trinajstić information content (AvgIpc) is 3.54. The maximum Gasteiger partial charge on any atom is 0.278 e. The number of carbonyl (C=O) groups is 3. The number of para-hydroxylation sites is 1. The molecule has 0 atom stereocenters. The zero-order chi connectivity index (χ0) is 26.3. The Labute approximate surface area is 224 Å². The SMILES string of the molecule is O=C(CCc1ccccc1)Nc1ccc(SC2=C(Nc3ccccc3)C(=O)N(Cc3ccco3)C2=O)cc1. The number of anilines is 2. The molecular formula is C30H25N3O4S. The molecule has 1 aromatic heterocycles. The second-order valence-electron chi connectivity index (χ2n) is 8.63. The summed E-state index contributed by atoms with van der Waals surface area (Å²) in [7, 11) is 0. The van der Waals surface area contributed by atoms with Crippen LogP contribution in [-0.2, 0) is 27.3 Å². The van der Waals surface area contributed by atoms with Gasteiger partial charge in [-0.15, -0.1) is 0 Å². The monoisotopic (exact) mass is 523 g/mol. The molecule has 5 rings (SSSR count). The Morgan fingerprint density at radius 1 is 0.789 bits per heavy atom. The number of imide groups is 1. The number of thioether (sulfide) groups is 1. The van der Waals surface area contributed by atoms with Crippen molar-refractivity contribution in [2.24, 2.45) is 0 Å². The van der Waals surface area contributed by atoms with E-state index in [4.69, 9.17) is 4.42 Å². The van der Waals surface area contributed by atoms with Crippen LogP contribution in [0.25, 0.3) is 0 Å². The van der Waals surface area contributed by atoms with Gasteiger partial charge in [0, 0.05) is 22.7 Å². The van der Waals surface area contributed by atoms with Crippen LogP contribution >= 0.6 is 11.8 Å². The van der Waals surface area contributed by atoms with Gasteiger partial charge >= 0.3 is 0 Å². The molecule has 0 unspecified atom stereocenters. The van der Waals surface area contributed by atoms with Crippen molar-refractivity contribution in [1.82, 2.24) is 4.90 Å². The second kappa shape index (κ2) is 11.7. The molecule has 1 aliphatic heterocycles. The fourth-order valence-electron chi connectivity index (χ4n) is 3.98. The van der Waals surface area contributed by atoms with Crippen LogP contribution < -0.4 is 10.6 Å². The number of rotatable bonds is 10. The molecule has 0 radical (unpaired) electrons. The third-order valence-electron chi connectivity index (χ3n) is 5.90. The molecule has 3 amide bonds. The van der Waals surface area contributed by atoms with Crippen molar-refractivity contribution in [3.05, 3.63) is 125 Å². The van der Waals surface area contributed by atoms with Crippen LogP contribution in [0.2, 0.25) is 0 Å². The number of hydrogen-bond donors (Lipinski definition) is 2. The third kappa shape index (κ3) is 6.04. The van der Waals surface area contributed by atoms with E-state index >= 15 is 0 Å². The molecule has 0 saturated heterocycles. The normalized spacial score (nSPS) is 13.2. The molecule has 4 aromatic rings. The molecule has 2 heterocycles. The molecule has 0 aliphatic carbocycles. The number of aryl methyl sites for hydroxylation is 1. The van der Waals surface area contributed by atoms with E-state index in [1.807, 2.05) is 72.8 Å². The number of benzene rings is 3. The predicted octanol–water partition coefficient (Wildman–Crippen LogP) is 5.84. The lowest BCUT2D eigenvalue weighted by molar-refractivity contribution is -0.138. The summed E-state index contributed by atoms with van der Waals surface area (Å²) in [5.41, 5.74) is 2.70. The van der Waals surface area contributed by atoms with E-state index in [0.717, 1.165) is 10.5 Å². The highest BCUT2D eigenvalue weighted by atomic mass is 32.2. The summed E-state index contributed by atoms with van der Waals surface area (Å²) in [6, 6.07) is 29.8. The highest BCUT2D eigenvalue weighted by molar-refractivity contribution is 8.04. The van der Waals surface area contributed by atoms with Crippen molar-refractivity contribution >= 4 is 40.9 Å². The first kappa shape index (κ1) is 25.1. The first-order valence-corrected chi connectivity index (χ1v) is 12.9. The highest BCUT2D eigenvalue weighted by Gasteiger charge is 2.39. The summed E-state index contributed by atoms with van der Waals surface area (Å²) in [6.07, 6.45) is 2.55. The lowest BCUT2D eigenvalue weighted by Crippen LogP contribution is -2.31. The Balaban J connectivity index is 1.29. The Morgan fingerprint density at radius 3 is 2.18 bits per heavy atom. The molecule has 0 fully saturated rings. The van der Waals surface area contributed by atoms with Gasteiger partial charge in [-0.25, -0.2) is 0 Å². The van der Waals surface area contributed by atoms with Crippen molar-refractivity contribution in [1.29, 1.82) is 0 Å². The number of carbonyl (C=O) groups excluding carboxylic acids is 3. The molecule has 0 saturated carbocycles. The maximum atomic E-state index is 13.3. The smallest absolute Gasteiger partial charge is 0.278 e. The summed E-state index contributed by atoms with van der Waals surface area (Å²) in [6.45, 7) is 0.0443. The van der Waals surface area contributed by atoms with Crippen LogP contribution in [0.4, 0.5) is 11.4 Å². The van der Waals surface area contributed by atoms with Crippen molar-refractivity contribution in [2.75, 3.05) is 10.6 Å². The van der Waals surface area contributed by atoms with E-state index in [2.05, 4.69) is 10.6 Å². The summed E-state index contributed by atoms with van der Waals surface area (Å²) < 4.78 is 5.36. The standard InChI is InChI=1S/C30H25N3O4S/c34-26(18-13-21-8-3-1-4-9-21)31-23-14-16-25(17-15-23)38-28-27(32-22-10-5-2-6-11-22)29(35)33(30(28)36)20-24-12-7-19-37-24/h1-12,14-17,19,32H,13,18,20H2,(H,31,34). The molecule has 0 bridgehead atoms. The van der Waals surface area contributed by atoms with Crippen LogP contribution in [-0.4, -0.2) is 22.6 Å². The van der Waals surface area contributed by atoms with E-state index < -0.39 is 11.8 Å². The van der Waals surface area contributed by atoms with Crippen molar-refractivity contribution in [3.8, 4) is 0 Å². The van der Waals surface area contributed by atoms with Gasteiger partial charge in [0.05, 0.1) is 12.8 Å². The first-order valence-electron chi connectivity index (χ1n) is 12.1. The molecule has 3 aromatic carbocycles. The third-order valence-corrected chi connectivity index (χ3v) is 6.99. The highest BCUT2D eigenvalue weighted by Crippen LogP contribution is 2.37. The number of furan rings is 1. The fraction of sp³-hybridized carbons (Fsp3) is 0.100. The summed E-state index contributed by atoms with van der Waals surface area (Å²) >= 11 is 1.20. The van der Waals surface area contributed by atoms with Crippen LogP contribution in [0.3, 0.4) is 0 Å². The van der Waals surface area contributed by atoms with Gasteiger partial charge in [-0.3, -0.25) is 19.3 Å². The Kier molecular flexibility index (Phi) is 7.70.